The van der Waals surface area contributed by atoms with Crippen LogP contribution in [0.15, 0.2) is 0 Å². The summed E-state index contributed by atoms with van der Waals surface area (Å²) in [5.41, 5.74) is 0. The molecule has 22 heavy (non-hydrogen) atoms. The molecule has 1 aliphatic heterocycles. The number of hydrogen-bond acceptors (Lipinski definition) is 6. The van der Waals surface area contributed by atoms with E-state index in [9.17, 15) is 13.2 Å². The van der Waals surface area contributed by atoms with Gasteiger partial charge >= 0.3 is 6.18 Å². The fourth-order valence-corrected chi connectivity index (χ4v) is 2.96. The first-order chi connectivity index (χ1) is 10.3. The van der Waals surface area contributed by atoms with Gasteiger partial charge in [-0.15, -0.1) is 10.2 Å². The Morgan fingerprint density at radius 3 is 2.73 bits per heavy atom. The smallest absolute Gasteiger partial charge is 0.350 e. The van der Waals surface area contributed by atoms with Gasteiger partial charge in [0.25, 0.3) is 0 Å². The quantitative estimate of drug-likeness (QED) is 0.935. The molecule has 3 heterocycles. The lowest BCUT2D eigenvalue weighted by Crippen LogP contribution is -2.22. The SMILES string of the molecule is CC(C)c1nc2n(n1)CCCC2Nc1nnc(C(F)(F)F)s1. The maximum atomic E-state index is 12.6. The summed E-state index contributed by atoms with van der Waals surface area (Å²) >= 11 is 0.505. The minimum Gasteiger partial charge on any atom is -0.350 e. The van der Waals surface area contributed by atoms with Crippen LogP contribution in [0.25, 0.3) is 0 Å². The van der Waals surface area contributed by atoms with E-state index in [4.69, 9.17) is 0 Å². The summed E-state index contributed by atoms with van der Waals surface area (Å²) in [6.07, 6.45) is -2.80. The number of halogens is 3. The molecule has 1 atom stereocenters. The van der Waals surface area contributed by atoms with Gasteiger partial charge in [0.1, 0.15) is 5.82 Å². The normalized spacial score (nSPS) is 18.5. The molecule has 1 unspecified atom stereocenters. The number of aryl methyl sites for hydroxylation is 1. The first-order valence-corrected chi connectivity index (χ1v) is 7.78. The van der Waals surface area contributed by atoms with E-state index in [0.29, 0.717) is 11.3 Å². The number of nitrogens with one attached hydrogen (secondary N) is 1. The van der Waals surface area contributed by atoms with Crippen molar-refractivity contribution < 1.29 is 13.2 Å². The van der Waals surface area contributed by atoms with Crippen molar-refractivity contribution in [3.63, 3.8) is 0 Å². The zero-order valence-electron chi connectivity index (χ0n) is 12.1. The van der Waals surface area contributed by atoms with Crippen molar-refractivity contribution in [3.05, 3.63) is 16.7 Å². The van der Waals surface area contributed by atoms with Gasteiger partial charge in [0, 0.05) is 12.5 Å². The summed E-state index contributed by atoms with van der Waals surface area (Å²) in [7, 11) is 0. The Morgan fingerprint density at radius 2 is 2.09 bits per heavy atom. The van der Waals surface area contributed by atoms with Gasteiger partial charge in [0.2, 0.25) is 10.1 Å². The first kappa shape index (κ1) is 15.2. The van der Waals surface area contributed by atoms with Crippen LogP contribution in [0.4, 0.5) is 18.3 Å². The lowest BCUT2D eigenvalue weighted by molar-refractivity contribution is -0.138. The molecule has 6 nitrogen and oxygen atoms in total. The second kappa shape index (κ2) is 5.49. The minimum atomic E-state index is -4.46. The predicted molar refractivity (Wildman–Crippen MR) is 74.6 cm³/mol. The van der Waals surface area contributed by atoms with Crippen LogP contribution in [0.3, 0.4) is 0 Å². The van der Waals surface area contributed by atoms with E-state index < -0.39 is 11.2 Å². The van der Waals surface area contributed by atoms with E-state index in [2.05, 4.69) is 25.6 Å². The molecular formula is C12H15F3N6S. The zero-order valence-corrected chi connectivity index (χ0v) is 12.9. The molecule has 2 aromatic rings. The van der Waals surface area contributed by atoms with Gasteiger partial charge in [-0.2, -0.15) is 18.3 Å². The number of fused-ring (bicyclic) bond motifs is 1. The average Bonchev–Trinajstić information content (AvgIpc) is 3.04. The summed E-state index contributed by atoms with van der Waals surface area (Å²) in [4.78, 5) is 4.51. The van der Waals surface area contributed by atoms with E-state index in [1.54, 1.807) is 0 Å². The third kappa shape index (κ3) is 2.92. The van der Waals surface area contributed by atoms with Gasteiger partial charge in [0.05, 0.1) is 6.04 Å². The number of anilines is 1. The molecule has 3 rings (SSSR count). The first-order valence-electron chi connectivity index (χ1n) is 6.96. The standard InChI is InChI=1S/C12H15F3N6S/c1-6(2)8-17-9-7(4-3-5-21(9)20-8)16-11-19-18-10(22-11)12(13,14)15/h6-7H,3-5H2,1-2H3,(H,16,19). The molecule has 10 heteroatoms. The molecular weight excluding hydrogens is 317 g/mol. The topological polar surface area (TPSA) is 68.5 Å². The van der Waals surface area contributed by atoms with Crippen molar-refractivity contribution >= 4 is 16.5 Å². The zero-order chi connectivity index (χ0) is 15.9. The summed E-state index contributed by atoms with van der Waals surface area (Å²) < 4.78 is 39.5. The Labute approximate surface area is 128 Å². The molecule has 1 N–H and O–H groups in total. The van der Waals surface area contributed by atoms with E-state index in [1.807, 2.05) is 18.5 Å². The van der Waals surface area contributed by atoms with Crippen LogP contribution in [0.5, 0.6) is 0 Å². The summed E-state index contributed by atoms with van der Waals surface area (Å²) in [6, 6.07) is -0.192. The van der Waals surface area contributed by atoms with Crippen LogP contribution < -0.4 is 5.32 Å². The molecule has 0 aromatic carbocycles. The fourth-order valence-electron chi connectivity index (χ4n) is 2.30. The van der Waals surface area contributed by atoms with Crippen molar-refractivity contribution in [2.45, 2.75) is 51.4 Å². The summed E-state index contributed by atoms with van der Waals surface area (Å²) in [6.45, 7) is 4.78. The lowest BCUT2D eigenvalue weighted by atomic mass is 10.1. The largest absolute Gasteiger partial charge is 0.445 e. The van der Waals surface area contributed by atoms with Crippen LogP contribution in [-0.4, -0.2) is 25.0 Å². The fraction of sp³-hybridized carbons (Fsp3) is 0.667. The monoisotopic (exact) mass is 332 g/mol. The highest BCUT2D eigenvalue weighted by molar-refractivity contribution is 7.15. The highest BCUT2D eigenvalue weighted by Crippen LogP contribution is 2.35. The molecule has 0 saturated carbocycles. The lowest BCUT2D eigenvalue weighted by Gasteiger charge is -2.22. The van der Waals surface area contributed by atoms with Crippen molar-refractivity contribution in [2.24, 2.45) is 0 Å². The van der Waals surface area contributed by atoms with Gasteiger partial charge in [0.15, 0.2) is 5.82 Å². The summed E-state index contributed by atoms with van der Waals surface area (Å²) in [5, 5.41) is 13.4. The molecule has 0 radical (unpaired) electrons. The van der Waals surface area contributed by atoms with E-state index in [1.165, 1.54) is 0 Å². The number of aromatic nitrogens is 5. The molecule has 2 aromatic heterocycles. The Kier molecular flexibility index (Phi) is 3.79. The highest BCUT2D eigenvalue weighted by Gasteiger charge is 2.36. The van der Waals surface area contributed by atoms with E-state index >= 15 is 0 Å². The maximum Gasteiger partial charge on any atom is 0.445 e. The number of alkyl halides is 3. The van der Waals surface area contributed by atoms with Gasteiger partial charge < -0.3 is 5.32 Å². The van der Waals surface area contributed by atoms with Gasteiger partial charge in [-0.1, -0.05) is 25.2 Å². The van der Waals surface area contributed by atoms with Crippen LogP contribution in [0, 0.1) is 0 Å². The number of nitrogens with zero attached hydrogens (tertiary/aromatic N) is 5. The van der Waals surface area contributed by atoms with E-state index in [0.717, 1.165) is 31.0 Å². The third-order valence-electron chi connectivity index (χ3n) is 3.37. The molecule has 0 aliphatic carbocycles. The van der Waals surface area contributed by atoms with Crippen LogP contribution >= 0.6 is 11.3 Å². The van der Waals surface area contributed by atoms with Crippen molar-refractivity contribution in [3.8, 4) is 0 Å². The minimum absolute atomic E-state index is 0.153. The average molecular weight is 332 g/mol. The van der Waals surface area contributed by atoms with Crippen molar-refractivity contribution in [1.82, 2.24) is 25.0 Å². The highest BCUT2D eigenvalue weighted by atomic mass is 32.1. The van der Waals surface area contributed by atoms with Crippen LogP contribution in [0.2, 0.25) is 0 Å². The predicted octanol–water partition coefficient (Wildman–Crippen LogP) is 3.22. The molecule has 0 amide bonds. The third-order valence-corrected chi connectivity index (χ3v) is 4.27. The van der Waals surface area contributed by atoms with Gasteiger partial charge in [-0.05, 0) is 12.8 Å². The van der Waals surface area contributed by atoms with E-state index in [-0.39, 0.29) is 17.1 Å². The Hall–Kier alpha value is -1.71. The molecule has 0 saturated heterocycles. The Morgan fingerprint density at radius 1 is 1.32 bits per heavy atom. The Bertz CT molecular complexity index is 662. The summed E-state index contributed by atoms with van der Waals surface area (Å²) in [5.74, 6) is 1.70. The van der Waals surface area contributed by atoms with Crippen molar-refractivity contribution in [1.29, 1.82) is 0 Å². The van der Waals surface area contributed by atoms with Gasteiger partial charge in [-0.3, -0.25) is 0 Å². The van der Waals surface area contributed by atoms with Gasteiger partial charge in [-0.25, -0.2) is 9.67 Å². The number of rotatable bonds is 3. The molecule has 1 aliphatic rings. The Balaban J connectivity index is 1.81. The maximum absolute atomic E-state index is 12.6. The molecule has 0 bridgehead atoms. The van der Waals surface area contributed by atoms with Crippen LogP contribution in [0.1, 0.15) is 55.3 Å². The second-order valence-corrected chi connectivity index (χ2v) is 6.43. The van der Waals surface area contributed by atoms with Crippen LogP contribution in [-0.2, 0) is 12.7 Å². The molecule has 0 fully saturated rings. The molecule has 0 spiro atoms. The molecule has 120 valence electrons. The number of hydrogen-bond donors (Lipinski definition) is 1. The van der Waals surface area contributed by atoms with Crippen molar-refractivity contribution in [2.75, 3.05) is 5.32 Å². The second-order valence-electron chi connectivity index (χ2n) is 5.46.